The van der Waals surface area contributed by atoms with Gasteiger partial charge in [-0.3, -0.25) is 0 Å². The molecule has 0 spiro atoms. The van der Waals surface area contributed by atoms with E-state index in [9.17, 15) is 0 Å². The highest BCUT2D eigenvalue weighted by Gasteiger charge is 2.22. The van der Waals surface area contributed by atoms with Gasteiger partial charge in [0.25, 0.3) is 0 Å². The van der Waals surface area contributed by atoms with E-state index in [1.54, 1.807) is 0 Å². The van der Waals surface area contributed by atoms with Gasteiger partial charge in [0.2, 0.25) is 0 Å². The number of hydrogen-bond acceptors (Lipinski definition) is 1. The van der Waals surface area contributed by atoms with Crippen LogP contribution in [0, 0.1) is 13.8 Å². The first-order valence-corrected chi connectivity index (χ1v) is 11.3. The predicted octanol–water partition coefficient (Wildman–Crippen LogP) is 7.80. The van der Waals surface area contributed by atoms with Gasteiger partial charge in [-0.2, -0.15) is 0 Å². The Labute approximate surface area is 194 Å². The number of aromatic amines is 1. The van der Waals surface area contributed by atoms with Crippen molar-refractivity contribution in [2.24, 2.45) is 4.99 Å². The van der Waals surface area contributed by atoms with Crippen LogP contribution in [-0.4, -0.2) is 10.7 Å². The Morgan fingerprint density at radius 1 is 0.606 bits per heavy atom. The molecule has 4 aromatic carbocycles. The molecule has 33 heavy (non-hydrogen) atoms. The molecule has 158 valence electrons. The van der Waals surface area contributed by atoms with Gasteiger partial charge in [0, 0.05) is 33.2 Å². The third-order valence-corrected chi connectivity index (χ3v) is 6.38. The minimum atomic E-state index is 0.989. The van der Waals surface area contributed by atoms with E-state index >= 15 is 0 Å². The quantitative estimate of drug-likeness (QED) is 0.306. The van der Waals surface area contributed by atoms with E-state index in [0.29, 0.717) is 0 Å². The molecule has 0 saturated carbocycles. The van der Waals surface area contributed by atoms with Gasteiger partial charge in [0.15, 0.2) is 0 Å². The first kappa shape index (κ1) is 19.5. The van der Waals surface area contributed by atoms with E-state index < -0.39 is 0 Å². The smallest absolute Gasteiger partial charge is 0.0788 e. The van der Waals surface area contributed by atoms with Crippen molar-refractivity contribution in [2.75, 3.05) is 0 Å². The normalized spacial score (nSPS) is 14.0. The van der Waals surface area contributed by atoms with Crippen molar-refractivity contribution in [3.05, 3.63) is 131 Å². The molecular formula is C31H24N2. The highest BCUT2D eigenvalue weighted by molar-refractivity contribution is 6.22. The van der Waals surface area contributed by atoms with E-state index in [2.05, 4.69) is 122 Å². The monoisotopic (exact) mass is 424 g/mol. The molecule has 0 atom stereocenters. The van der Waals surface area contributed by atoms with E-state index in [1.165, 1.54) is 38.6 Å². The number of nitrogens with zero attached hydrogens (tertiary/aromatic N) is 1. The van der Waals surface area contributed by atoms with E-state index in [-0.39, 0.29) is 0 Å². The number of rotatable bonds is 3. The Balaban J connectivity index is 1.53. The molecule has 1 aliphatic heterocycles. The predicted molar refractivity (Wildman–Crippen MR) is 140 cm³/mol. The molecule has 0 fully saturated rings. The molecule has 1 aromatic heterocycles. The second kappa shape index (κ2) is 7.75. The number of benzene rings is 4. The fraction of sp³-hybridized carbons (Fsp3) is 0.0645. The van der Waals surface area contributed by atoms with Gasteiger partial charge in [-0.1, -0.05) is 108 Å². The maximum atomic E-state index is 5.11. The topological polar surface area (TPSA) is 28.1 Å². The average molecular weight is 425 g/mol. The Morgan fingerprint density at radius 3 is 1.88 bits per heavy atom. The maximum absolute atomic E-state index is 5.11. The summed E-state index contributed by atoms with van der Waals surface area (Å²) in [5.74, 6) is 0. The lowest BCUT2D eigenvalue weighted by Gasteiger charge is -2.03. The van der Waals surface area contributed by atoms with Gasteiger partial charge in [-0.15, -0.1) is 0 Å². The van der Waals surface area contributed by atoms with Gasteiger partial charge in [-0.05, 0) is 25.5 Å². The lowest BCUT2D eigenvalue weighted by atomic mass is 9.98. The summed E-state index contributed by atoms with van der Waals surface area (Å²) >= 11 is 0. The highest BCUT2D eigenvalue weighted by Crippen LogP contribution is 2.36. The lowest BCUT2D eigenvalue weighted by Crippen LogP contribution is -2.00. The lowest BCUT2D eigenvalue weighted by molar-refractivity contribution is 1.37. The summed E-state index contributed by atoms with van der Waals surface area (Å²) in [7, 11) is 0. The van der Waals surface area contributed by atoms with E-state index in [1.807, 2.05) is 0 Å². The van der Waals surface area contributed by atoms with Gasteiger partial charge in [0.1, 0.15) is 0 Å². The second-order valence-electron chi connectivity index (χ2n) is 8.73. The summed E-state index contributed by atoms with van der Waals surface area (Å²) in [5.41, 5.74) is 11.5. The molecule has 0 aliphatic carbocycles. The van der Waals surface area contributed by atoms with Crippen molar-refractivity contribution < 1.29 is 0 Å². The van der Waals surface area contributed by atoms with Crippen LogP contribution in [0.3, 0.4) is 0 Å². The van der Waals surface area contributed by atoms with Gasteiger partial charge >= 0.3 is 0 Å². The number of H-pyrrole nitrogens is 1. The van der Waals surface area contributed by atoms with Crippen molar-refractivity contribution in [3.8, 4) is 11.3 Å². The zero-order chi connectivity index (χ0) is 22.4. The number of aliphatic imine (C=N–C) groups is 1. The van der Waals surface area contributed by atoms with Crippen LogP contribution in [0.1, 0.15) is 33.5 Å². The number of aromatic nitrogens is 1. The van der Waals surface area contributed by atoms with Crippen LogP contribution in [0.5, 0.6) is 0 Å². The van der Waals surface area contributed by atoms with Crippen molar-refractivity contribution in [1.29, 1.82) is 0 Å². The van der Waals surface area contributed by atoms with Crippen molar-refractivity contribution >= 4 is 28.3 Å². The number of nitrogens with one attached hydrogen (secondary N) is 1. The fourth-order valence-corrected chi connectivity index (χ4v) is 4.60. The maximum Gasteiger partial charge on any atom is 0.0788 e. The molecule has 2 heterocycles. The number of hydrogen-bond donors (Lipinski definition) is 1. The van der Waals surface area contributed by atoms with Crippen LogP contribution in [0.2, 0.25) is 0 Å². The minimum absolute atomic E-state index is 0.989. The molecule has 6 rings (SSSR count). The Kier molecular flexibility index (Phi) is 4.58. The fourth-order valence-electron chi connectivity index (χ4n) is 4.60. The highest BCUT2D eigenvalue weighted by atomic mass is 14.8. The summed E-state index contributed by atoms with van der Waals surface area (Å²) in [6.07, 6.45) is 2.19. The molecule has 5 aromatic rings. The van der Waals surface area contributed by atoms with Crippen LogP contribution in [-0.2, 0) is 0 Å². The SMILES string of the molecule is Cc1ccc(C2=N/C(=C\c3[nH]c(-c4ccc(C)cc4)c4ccccc34)c3ccccc32)cc1. The molecule has 0 saturated heterocycles. The standard InChI is InChI=1S/C31H24N2/c1-20-11-15-22(16-12-20)30-26-9-5-3-7-24(26)28(32-30)19-29-25-8-4-6-10-27(25)31(33-29)23-17-13-21(2)14-18-23/h3-19,32H,1-2H3/b29-19-. The molecule has 0 bridgehead atoms. The molecule has 0 unspecified atom stereocenters. The average Bonchev–Trinajstić information content (AvgIpc) is 3.40. The molecule has 2 heteroatoms. The van der Waals surface area contributed by atoms with Gasteiger partial charge in [-0.25, -0.2) is 4.99 Å². The zero-order valence-corrected chi connectivity index (χ0v) is 18.8. The van der Waals surface area contributed by atoms with Gasteiger partial charge < -0.3 is 4.98 Å². The summed E-state index contributed by atoms with van der Waals surface area (Å²) in [6, 6.07) is 34.4. The number of fused-ring (bicyclic) bond motifs is 2. The van der Waals surface area contributed by atoms with Crippen LogP contribution < -0.4 is 0 Å². The molecule has 1 aliphatic rings. The van der Waals surface area contributed by atoms with E-state index in [0.717, 1.165) is 28.4 Å². The van der Waals surface area contributed by atoms with Crippen LogP contribution >= 0.6 is 0 Å². The molecule has 0 amide bonds. The summed E-state index contributed by atoms with van der Waals surface area (Å²) < 4.78 is 0. The number of aryl methyl sites for hydroxylation is 2. The van der Waals surface area contributed by atoms with Gasteiger partial charge in [0.05, 0.1) is 17.1 Å². The largest absolute Gasteiger partial charge is 0.354 e. The first-order chi connectivity index (χ1) is 16.2. The second-order valence-corrected chi connectivity index (χ2v) is 8.73. The Bertz CT molecular complexity index is 1550. The Morgan fingerprint density at radius 2 is 1.18 bits per heavy atom. The van der Waals surface area contributed by atoms with Crippen LogP contribution in [0.25, 0.3) is 33.8 Å². The van der Waals surface area contributed by atoms with Crippen molar-refractivity contribution in [1.82, 2.24) is 4.98 Å². The van der Waals surface area contributed by atoms with Crippen LogP contribution in [0.15, 0.2) is 102 Å². The van der Waals surface area contributed by atoms with E-state index in [4.69, 9.17) is 4.99 Å². The zero-order valence-electron chi connectivity index (χ0n) is 18.8. The van der Waals surface area contributed by atoms with Crippen molar-refractivity contribution in [2.45, 2.75) is 13.8 Å². The first-order valence-electron chi connectivity index (χ1n) is 11.3. The molecule has 1 N–H and O–H groups in total. The minimum Gasteiger partial charge on any atom is -0.354 e. The van der Waals surface area contributed by atoms with Crippen LogP contribution in [0.4, 0.5) is 0 Å². The summed E-state index contributed by atoms with van der Waals surface area (Å²) in [4.78, 5) is 8.81. The molecular weight excluding hydrogens is 400 g/mol. The molecule has 2 nitrogen and oxygen atoms in total. The Hall–Kier alpha value is -4.17. The summed E-state index contributed by atoms with van der Waals surface area (Å²) in [6.45, 7) is 4.23. The molecule has 0 radical (unpaired) electrons. The van der Waals surface area contributed by atoms with Crippen molar-refractivity contribution in [3.63, 3.8) is 0 Å². The summed E-state index contributed by atoms with van der Waals surface area (Å²) in [5, 5.41) is 2.43. The third-order valence-electron chi connectivity index (χ3n) is 6.38. The third kappa shape index (κ3) is 3.41.